The first-order valence-electron chi connectivity index (χ1n) is 7.27. The van der Waals surface area contributed by atoms with E-state index in [2.05, 4.69) is 10.3 Å². The van der Waals surface area contributed by atoms with Gasteiger partial charge in [0.25, 0.3) is 5.91 Å². The third-order valence-electron chi connectivity index (χ3n) is 3.36. The normalized spacial score (nSPS) is 22.0. The number of pyridine rings is 1. The second kappa shape index (κ2) is 7.57. The number of nitrogens with one attached hydrogen (secondary N) is 1. The number of rotatable bonds is 4. The molecule has 1 aliphatic heterocycles. The predicted molar refractivity (Wildman–Crippen MR) is 81.4 cm³/mol. The maximum atomic E-state index is 12.4. The monoisotopic (exact) mass is 300 g/mol. The van der Waals surface area contributed by atoms with Gasteiger partial charge < -0.3 is 15.0 Å². The van der Waals surface area contributed by atoms with Gasteiger partial charge in [0.15, 0.2) is 0 Å². The van der Waals surface area contributed by atoms with Gasteiger partial charge in [-0.05, 0) is 31.5 Å². The van der Waals surface area contributed by atoms with Gasteiger partial charge in [0, 0.05) is 38.2 Å². The molecule has 1 aromatic heterocycles. The number of hydrogen-bond acceptors (Lipinski definition) is 5. The van der Waals surface area contributed by atoms with E-state index < -0.39 is 0 Å². The quantitative estimate of drug-likeness (QED) is 0.668. The summed E-state index contributed by atoms with van der Waals surface area (Å²) in [5.74, 6) is -0.258. The molecule has 6 heteroatoms. The van der Waals surface area contributed by atoms with Crippen molar-refractivity contribution in [2.24, 2.45) is 0 Å². The van der Waals surface area contributed by atoms with E-state index in [9.17, 15) is 10.1 Å². The summed E-state index contributed by atoms with van der Waals surface area (Å²) < 4.78 is 5.60. The first kappa shape index (κ1) is 16.0. The molecule has 0 bridgehead atoms. The molecule has 0 spiro atoms. The van der Waals surface area contributed by atoms with Gasteiger partial charge in [-0.1, -0.05) is 0 Å². The summed E-state index contributed by atoms with van der Waals surface area (Å²) in [4.78, 5) is 18.0. The van der Waals surface area contributed by atoms with Crippen molar-refractivity contribution in [2.45, 2.75) is 32.6 Å². The minimum absolute atomic E-state index is 0.0163. The van der Waals surface area contributed by atoms with Crippen LogP contribution in [0.2, 0.25) is 0 Å². The molecular weight excluding hydrogens is 280 g/mol. The van der Waals surface area contributed by atoms with Crippen LogP contribution in [0.3, 0.4) is 0 Å². The fourth-order valence-electron chi connectivity index (χ4n) is 2.43. The molecular formula is C16H20N4O2. The van der Waals surface area contributed by atoms with Gasteiger partial charge in [0.2, 0.25) is 0 Å². The topological polar surface area (TPSA) is 78.3 Å². The van der Waals surface area contributed by atoms with Crippen LogP contribution >= 0.6 is 0 Å². The van der Waals surface area contributed by atoms with Gasteiger partial charge in [0.05, 0.1) is 12.2 Å². The summed E-state index contributed by atoms with van der Waals surface area (Å²) in [7, 11) is 0. The molecule has 1 aliphatic rings. The van der Waals surface area contributed by atoms with E-state index in [-0.39, 0.29) is 23.7 Å². The Labute approximate surface area is 130 Å². The molecule has 1 fully saturated rings. The lowest BCUT2D eigenvalue weighted by atomic mass is 10.2. The molecule has 6 nitrogen and oxygen atoms in total. The van der Waals surface area contributed by atoms with Crippen LogP contribution in [0.4, 0.5) is 0 Å². The van der Waals surface area contributed by atoms with Crippen LogP contribution in [0, 0.1) is 11.3 Å². The van der Waals surface area contributed by atoms with Gasteiger partial charge in [-0.15, -0.1) is 0 Å². The average molecular weight is 300 g/mol. The molecule has 2 atom stereocenters. The maximum absolute atomic E-state index is 12.4. The predicted octanol–water partition coefficient (Wildman–Crippen LogP) is 1.21. The molecule has 1 amide bonds. The molecule has 2 rings (SSSR count). The van der Waals surface area contributed by atoms with Crippen LogP contribution in [0.15, 0.2) is 36.3 Å². The molecule has 1 aromatic rings. The van der Waals surface area contributed by atoms with E-state index in [0.29, 0.717) is 19.6 Å². The highest BCUT2D eigenvalue weighted by Gasteiger charge is 2.27. The summed E-state index contributed by atoms with van der Waals surface area (Å²) in [6.45, 7) is 5.40. The number of nitriles is 1. The molecule has 0 aromatic carbocycles. The number of carbonyl (C=O) groups excluding carboxylic acids is 1. The fourth-order valence-corrected chi connectivity index (χ4v) is 2.43. The van der Waals surface area contributed by atoms with Crippen molar-refractivity contribution in [1.29, 1.82) is 5.26 Å². The second-order valence-electron chi connectivity index (χ2n) is 5.37. The summed E-state index contributed by atoms with van der Waals surface area (Å²) in [6, 6.07) is 5.72. The fraction of sp³-hybridized carbons (Fsp3) is 0.438. The van der Waals surface area contributed by atoms with Crippen LogP contribution in [0.1, 0.15) is 19.4 Å². The lowest BCUT2D eigenvalue weighted by Gasteiger charge is -2.35. The number of carbonyl (C=O) groups is 1. The second-order valence-corrected chi connectivity index (χ2v) is 5.37. The lowest BCUT2D eigenvalue weighted by molar-refractivity contribution is -0.138. The summed E-state index contributed by atoms with van der Waals surface area (Å²) in [6.07, 6.45) is 4.85. The van der Waals surface area contributed by atoms with Gasteiger partial charge in [0.1, 0.15) is 11.6 Å². The molecule has 2 heterocycles. The number of hydrogen-bond donors (Lipinski definition) is 1. The average Bonchev–Trinajstić information content (AvgIpc) is 2.51. The van der Waals surface area contributed by atoms with Crippen molar-refractivity contribution in [3.63, 3.8) is 0 Å². The van der Waals surface area contributed by atoms with E-state index in [1.807, 2.05) is 32.0 Å². The molecule has 22 heavy (non-hydrogen) atoms. The van der Waals surface area contributed by atoms with Crippen molar-refractivity contribution >= 4 is 5.91 Å². The zero-order chi connectivity index (χ0) is 15.9. The van der Waals surface area contributed by atoms with Crippen LogP contribution in [-0.2, 0) is 16.1 Å². The first-order valence-corrected chi connectivity index (χ1v) is 7.27. The van der Waals surface area contributed by atoms with Gasteiger partial charge in [-0.25, -0.2) is 0 Å². The van der Waals surface area contributed by atoms with Crippen LogP contribution in [0.5, 0.6) is 0 Å². The zero-order valence-electron chi connectivity index (χ0n) is 12.8. The molecule has 2 unspecified atom stereocenters. The minimum atomic E-state index is -0.258. The lowest BCUT2D eigenvalue weighted by Crippen LogP contribution is -2.48. The van der Waals surface area contributed by atoms with E-state index in [1.165, 1.54) is 6.20 Å². The largest absolute Gasteiger partial charge is 0.386 e. The highest BCUT2D eigenvalue weighted by Crippen LogP contribution is 2.13. The Kier molecular flexibility index (Phi) is 5.50. The Bertz CT molecular complexity index is 570. The summed E-state index contributed by atoms with van der Waals surface area (Å²) in [5, 5.41) is 12.2. The van der Waals surface area contributed by atoms with Crippen molar-refractivity contribution < 1.29 is 9.53 Å². The number of morpholine rings is 1. The Hall–Kier alpha value is -2.39. The number of aromatic nitrogens is 1. The Morgan fingerprint density at radius 3 is 2.68 bits per heavy atom. The van der Waals surface area contributed by atoms with Crippen LogP contribution < -0.4 is 5.32 Å². The maximum Gasteiger partial charge on any atom is 0.266 e. The standard InChI is InChI=1S/C16H20N4O2/c1-12-10-20(11-13(2)22-12)16(21)15(7-17)9-19-8-14-3-5-18-6-4-14/h3-6,9,12-13,19H,8,10-11H2,1-2H3/b15-9-. The smallest absolute Gasteiger partial charge is 0.266 e. The SMILES string of the molecule is CC1CN(C(=O)/C(C#N)=C\NCc2ccncc2)CC(C)O1. The van der Waals surface area contributed by atoms with Crippen molar-refractivity contribution in [3.8, 4) is 6.07 Å². The molecule has 116 valence electrons. The van der Waals surface area contributed by atoms with E-state index >= 15 is 0 Å². The highest BCUT2D eigenvalue weighted by atomic mass is 16.5. The van der Waals surface area contributed by atoms with Gasteiger partial charge in [-0.3, -0.25) is 9.78 Å². The number of ether oxygens (including phenoxy) is 1. The Morgan fingerprint density at radius 2 is 2.09 bits per heavy atom. The molecule has 1 N–H and O–H groups in total. The molecule has 1 saturated heterocycles. The van der Waals surface area contributed by atoms with E-state index in [0.717, 1.165) is 5.56 Å². The Morgan fingerprint density at radius 1 is 1.45 bits per heavy atom. The summed E-state index contributed by atoms with van der Waals surface area (Å²) >= 11 is 0. The zero-order valence-corrected chi connectivity index (χ0v) is 12.8. The minimum Gasteiger partial charge on any atom is -0.386 e. The third-order valence-corrected chi connectivity index (χ3v) is 3.36. The van der Waals surface area contributed by atoms with Crippen molar-refractivity contribution in [3.05, 3.63) is 41.9 Å². The van der Waals surface area contributed by atoms with Crippen LogP contribution in [0.25, 0.3) is 0 Å². The third kappa shape index (κ3) is 4.30. The van der Waals surface area contributed by atoms with E-state index in [1.54, 1.807) is 17.3 Å². The van der Waals surface area contributed by atoms with Gasteiger partial charge in [-0.2, -0.15) is 5.26 Å². The summed E-state index contributed by atoms with van der Waals surface area (Å²) in [5.41, 5.74) is 1.14. The molecule has 0 aliphatic carbocycles. The Balaban J connectivity index is 1.96. The van der Waals surface area contributed by atoms with Crippen molar-refractivity contribution in [2.75, 3.05) is 13.1 Å². The number of amides is 1. The van der Waals surface area contributed by atoms with Crippen molar-refractivity contribution in [1.82, 2.24) is 15.2 Å². The van der Waals surface area contributed by atoms with Crippen LogP contribution in [-0.4, -0.2) is 41.1 Å². The van der Waals surface area contributed by atoms with E-state index in [4.69, 9.17) is 4.74 Å². The highest BCUT2D eigenvalue weighted by molar-refractivity contribution is 5.97. The molecule has 0 saturated carbocycles. The molecule has 0 radical (unpaired) electrons. The number of nitrogens with zero attached hydrogens (tertiary/aromatic N) is 3. The van der Waals surface area contributed by atoms with Gasteiger partial charge >= 0.3 is 0 Å². The first-order chi connectivity index (χ1) is 10.6.